The van der Waals surface area contributed by atoms with E-state index in [-0.39, 0.29) is 24.2 Å². The molecule has 178 valence electrons. The molecule has 0 saturated carbocycles. The number of hydrogen-bond acceptors (Lipinski definition) is 6. The second kappa shape index (κ2) is 9.96. The number of fused-ring (bicyclic) bond motifs is 2. The van der Waals surface area contributed by atoms with E-state index in [0.29, 0.717) is 36.1 Å². The van der Waals surface area contributed by atoms with Crippen LogP contribution in [0.25, 0.3) is 21.9 Å². The van der Waals surface area contributed by atoms with Crippen molar-refractivity contribution in [3.8, 4) is 0 Å². The zero-order valence-electron chi connectivity index (χ0n) is 19.5. The normalized spacial score (nSPS) is 12.1. The lowest BCUT2D eigenvalue weighted by atomic mass is 10.1. The smallest absolute Gasteiger partial charge is 0.356 e. The third-order valence-corrected chi connectivity index (χ3v) is 5.83. The van der Waals surface area contributed by atoms with Crippen LogP contribution in [0, 0.1) is 0 Å². The van der Waals surface area contributed by atoms with E-state index < -0.39 is 5.97 Å². The van der Waals surface area contributed by atoms with E-state index in [1.54, 1.807) is 10.8 Å². The number of aromatic nitrogens is 3. The van der Waals surface area contributed by atoms with Crippen LogP contribution in [0.4, 0.5) is 11.4 Å². The van der Waals surface area contributed by atoms with Gasteiger partial charge in [-0.2, -0.15) is 0 Å². The minimum atomic E-state index is -0.552. The van der Waals surface area contributed by atoms with Crippen molar-refractivity contribution in [2.24, 2.45) is 0 Å². The van der Waals surface area contributed by atoms with Gasteiger partial charge < -0.3 is 30.0 Å². The number of methoxy groups -OCH3 is 1. The molecule has 0 aliphatic rings. The Morgan fingerprint density at radius 1 is 1.26 bits per heavy atom. The number of benzene rings is 1. The van der Waals surface area contributed by atoms with Crippen LogP contribution in [0.15, 0.2) is 42.7 Å². The summed E-state index contributed by atoms with van der Waals surface area (Å²) in [5, 5.41) is 17.1. The molecule has 4 aromatic rings. The van der Waals surface area contributed by atoms with Gasteiger partial charge in [0.1, 0.15) is 5.65 Å². The van der Waals surface area contributed by atoms with Gasteiger partial charge in [-0.15, -0.1) is 0 Å². The van der Waals surface area contributed by atoms with Gasteiger partial charge in [0.15, 0.2) is 5.69 Å². The topological polar surface area (TPSA) is 121 Å². The zero-order valence-corrected chi connectivity index (χ0v) is 19.5. The van der Waals surface area contributed by atoms with Gasteiger partial charge in [0.25, 0.3) is 0 Å². The van der Waals surface area contributed by atoms with E-state index in [1.807, 2.05) is 37.4 Å². The fraction of sp³-hybridized carbons (Fsp3) is 0.320. The van der Waals surface area contributed by atoms with Crippen molar-refractivity contribution in [2.45, 2.75) is 39.3 Å². The summed E-state index contributed by atoms with van der Waals surface area (Å²) in [6.45, 7) is 3.89. The predicted octanol–water partition coefficient (Wildman–Crippen LogP) is 3.69. The maximum atomic E-state index is 12.9. The number of nitrogens with one attached hydrogen (secondary N) is 3. The first-order chi connectivity index (χ1) is 16.4. The molecule has 34 heavy (non-hydrogen) atoms. The molecule has 0 aliphatic heterocycles. The number of pyridine rings is 1. The third-order valence-electron chi connectivity index (χ3n) is 5.83. The Morgan fingerprint density at radius 2 is 2.06 bits per heavy atom. The Labute approximate surface area is 197 Å². The minimum absolute atomic E-state index is 0.0255. The fourth-order valence-electron chi connectivity index (χ4n) is 4.25. The van der Waals surface area contributed by atoms with E-state index in [4.69, 9.17) is 4.74 Å². The Bertz CT molecular complexity index is 1340. The lowest BCUT2D eigenvalue weighted by Crippen LogP contribution is -2.16. The van der Waals surface area contributed by atoms with E-state index >= 15 is 0 Å². The van der Waals surface area contributed by atoms with Gasteiger partial charge in [-0.1, -0.05) is 18.2 Å². The Kier molecular flexibility index (Phi) is 6.83. The van der Waals surface area contributed by atoms with Crippen LogP contribution in [0.1, 0.15) is 36.3 Å². The summed E-state index contributed by atoms with van der Waals surface area (Å²) in [4.78, 5) is 32.8. The average Bonchev–Trinajstić information content (AvgIpc) is 3.36. The summed E-state index contributed by atoms with van der Waals surface area (Å²) in [5.41, 5.74) is 4.09. The van der Waals surface area contributed by atoms with Crippen LogP contribution in [-0.4, -0.2) is 51.3 Å². The first-order valence-corrected chi connectivity index (χ1v) is 11.2. The standard InChI is InChI=1S/C25H29N5O4/c1-15(9-11-31)28-18-12-20-22(29-16(2)32)23(25(33)34-3)30(24(20)27-14-18)10-8-17-13-26-21-7-5-4-6-19(17)21/h4-7,12-15,26,28,31H,8-11H2,1-3H3,(H,29,32)/t15-/m1/s1. The summed E-state index contributed by atoms with van der Waals surface area (Å²) in [6, 6.07) is 9.93. The number of aromatic amines is 1. The minimum Gasteiger partial charge on any atom is -0.464 e. The van der Waals surface area contributed by atoms with Gasteiger partial charge in [0.05, 0.1) is 24.7 Å². The SMILES string of the molecule is COC(=O)c1c(NC(C)=O)c2cc(N[C@H](C)CCO)cnc2n1CCc1c[nH]c2ccccc12. The first kappa shape index (κ1) is 23.3. The molecule has 0 spiro atoms. The van der Waals surface area contributed by atoms with Gasteiger partial charge >= 0.3 is 5.97 Å². The fourth-order valence-corrected chi connectivity index (χ4v) is 4.25. The summed E-state index contributed by atoms with van der Waals surface area (Å²) in [7, 11) is 1.32. The molecular formula is C25H29N5O4. The molecule has 1 aromatic carbocycles. The lowest BCUT2D eigenvalue weighted by Gasteiger charge is -2.14. The monoisotopic (exact) mass is 463 g/mol. The highest BCUT2D eigenvalue weighted by molar-refractivity contribution is 6.11. The number of amides is 1. The highest BCUT2D eigenvalue weighted by atomic mass is 16.5. The largest absolute Gasteiger partial charge is 0.464 e. The number of hydrogen-bond donors (Lipinski definition) is 4. The second-order valence-electron chi connectivity index (χ2n) is 8.31. The number of ether oxygens (including phenoxy) is 1. The molecule has 3 aromatic heterocycles. The van der Waals surface area contributed by atoms with Crippen LogP contribution in [0.2, 0.25) is 0 Å². The predicted molar refractivity (Wildman–Crippen MR) is 132 cm³/mol. The quantitative estimate of drug-likeness (QED) is 0.281. The second-order valence-corrected chi connectivity index (χ2v) is 8.31. The van der Waals surface area contributed by atoms with Crippen molar-refractivity contribution in [1.82, 2.24) is 14.5 Å². The molecule has 0 fully saturated rings. The van der Waals surface area contributed by atoms with Crippen LogP contribution in [0.5, 0.6) is 0 Å². The lowest BCUT2D eigenvalue weighted by molar-refractivity contribution is -0.114. The van der Waals surface area contributed by atoms with Crippen molar-refractivity contribution in [1.29, 1.82) is 0 Å². The molecule has 0 bridgehead atoms. The number of nitrogens with zero attached hydrogens (tertiary/aromatic N) is 2. The van der Waals surface area contributed by atoms with Crippen molar-refractivity contribution < 1.29 is 19.4 Å². The molecule has 4 N–H and O–H groups in total. The van der Waals surface area contributed by atoms with E-state index in [2.05, 4.69) is 26.7 Å². The Balaban J connectivity index is 1.79. The number of esters is 1. The average molecular weight is 464 g/mol. The number of carbonyl (C=O) groups is 2. The van der Waals surface area contributed by atoms with Gasteiger partial charge in [-0.25, -0.2) is 9.78 Å². The number of carbonyl (C=O) groups excluding carboxylic acids is 2. The van der Waals surface area contributed by atoms with E-state index in [1.165, 1.54) is 14.0 Å². The van der Waals surface area contributed by atoms with Crippen molar-refractivity contribution in [3.63, 3.8) is 0 Å². The molecule has 3 heterocycles. The molecule has 0 radical (unpaired) electrons. The van der Waals surface area contributed by atoms with Gasteiger partial charge in [0, 0.05) is 48.6 Å². The Morgan fingerprint density at radius 3 is 2.79 bits per heavy atom. The van der Waals surface area contributed by atoms with Gasteiger partial charge in [0.2, 0.25) is 5.91 Å². The van der Waals surface area contributed by atoms with Crippen molar-refractivity contribution in [3.05, 3.63) is 54.0 Å². The molecule has 9 nitrogen and oxygen atoms in total. The highest BCUT2D eigenvalue weighted by Gasteiger charge is 2.26. The zero-order chi connectivity index (χ0) is 24.2. The number of anilines is 2. The van der Waals surface area contributed by atoms with Crippen LogP contribution < -0.4 is 10.6 Å². The van der Waals surface area contributed by atoms with Gasteiger partial charge in [-0.3, -0.25) is 4.79 Å². The van der Waals surface area contributed by atoms with E-state index in [9.17, 15) is 14.7 Å². The number of aryl methyl sites for hydroxylation is 2. The maximum absolute atomic E-state index is 12.9. The summed E-state index contributed by atoms with van der Waals surface area (Å²) in [6.07, 6.45) is 4.89. The summed E-state index contributed by atoms with van der Waals surface area (Å²) >= 11 is 0. The molecule has 4 rings (SSSR count). The summed E-state index contributed by atoms with van der Waals surface area (Å²) in [5.74, 6) is -0.850. The van der Waals surface area contributed by atoms with Gasteiger partial charge in [-0.05, 0) is 37.5 Å². The highest BCUT2D eigenvalue weighted by Crippen LogP contribution is 2.33. The number of H-pyrrole nitrogens is 1. The van der Waals surface area contributed by atoms with Crippen LogP contribution in [-0.2, 0) is 22.5 Å². The molecule has 9 heteroatoms. The van der Waals surface area contributed by atoms with E-state index in [0.717, 1.165) is 22.2 Å². The van der Waals surface area contributed by atoms with Crippen molar-refractivity contribution >= 4 is 45.2 Å². The van der Waals surface area contributed by atoms with Crippen LogP contribution in [0.3, 0.4) is 0 Å². The molecular weight excluding hydrogens is 434 g/mol. The van der Waals surface area contributed by atoms with Crippen LogP contribution >= 0.6 is 0 Å². The molecule has 0 aliphatic carbocycles. The molecule has 0 unspecified atom stereocenters. The molecule has 1 atom stereocenters. The maximum Gasteiger partial charge on any atom is 0.356 e. The summed E-state index contributed by atoms with van der Waals surface area (Å²) < 4.78 is 6.88. The number of rotatable bonds is 9. The number of para-hydroxylation sites is 1. The first-order valence-electron chi connectivity index (χ1n) is 11.2. The number of aliphatic hydroxyl groups is 1. The Hall–Kier alpha value is -3.85. The molecule has 1 amide bonds. The molecule has 0 saturated heterocycles. The number of aliphatic hydroxyl groups excluding tert-OH is 1. The third kappa shape index (κ3) is 4.60. The van der Waals surface area contributed by atoms with Crippen molar-refractivity contribution in [2.75, 3.05) is 24.4 Å².